The maximum Gasteiger partial charge on any atom is 0.146 e. The highest BCUT2D eigenvalue weighted by atomic mass is 32.1. The number of fused-ring (bicyclic) bond motifs is 1. The Bertz CT molecular complexity index is 780. The van der Waals surface area contributed by atoms with Crippen LogP contribution >= 0.6 is 11.3 Å². The lowest BCUT2D eigenvalue weighted by Crippen LogP contribution is -1.97. The van der Waals surface area contributed by atoms with Gasteiger partial charge in [-0.25, -0.2) is 4.98 Å². The average Bonchev–Trinajstić information content (AvgIpc) is 2.85. The minimum absolute atomic E-state index is 0.553. The first-order valence-electron chi connectivity index (χ1n) is 6.95. The summed E-state index contributed by atoms with van der Waals surface area (Å²) < 4.78 is 6.00. The van der Waals surface area contributed by atoms with Crippen molar-refractivity contribution in [3.8, 4) is 5.75 Å². The lowest BCUT2D eigenvalue weighted by molar-refractivity contribution is 0.309. The number of pyridine rings is 1. The molecule has 108 valence electrons. The zero-order chi connectivity index (χ0) is 14.8. The molecule has 0 atom stereocenters. The second-order valence-corrected chi connectivity index (χ2v) is 6.41. The highest BCUT2D eigenvalue weighted by Crippen LogP contribution is 2.27. The molecule has 0 radical (unpaired) electrons. The first-order valence-corrected chi connectivity index (χ1v) is 7.76. The van der Waals surface area contributed by atoms with Gasteiger partial charge in [-0.1, -0.05) is 18.2 Å². The van der Waals surface area contributed by atoms with E-state index in [0.717, 1.165) is 22.3 Å². The largest absolute Gasteiger partial charge is 0.487 e. The summed E-state index contributed by atoms with van der Waals surface area (Å²) in [7, 11) is 0. The number of aryl methyl sites for hydroxylation is 2. The number of nitrogens with two attached hydrogens (primary N) is 1. The molecule has 21 heavy (non-hydrogen) atoms. The Morgan fingerprint density at radius 2 is 2.05 bits per heavy atom. The Hall–Kier alpha value is -1.91. The summed E-state index contributed by atoms with van der Waals surface area (Å²) in [6.07, 6.45) is 0. The monoisotopic (exact) mass is 298 g/mol. The number of benzene rings is 1. The van der Waals surface area contributed by atoms with Crippen molar-refractivity contribution in [2.45, 2.75) is 27.0 Å². The second kappa shape index (κ2) is 5.84. The van der Waals surface area contributed by atoms with Crippen LogP contribution in [-0.2, 0) is 13.2 Å². The molecule has 0 aliphatic heterocycles. The van der Waals surface area contributed by atoms with Gasteiger partial charge in [-0.2, -0.15) is 0 Å². The summed E-state index contributed by atoms with van der Waals surface area (Å²) in [6, 6.07) is 12.2. The molecule has 0 saturated carbocycles. The summed E-state index contributed by atoms with van der Waals surface area (Å²) in [5.41, 5.74) is 8.81. The van der Waals surface area contributed by atoms with E-state index < -0.39 is 0 Å². The molecule has 0 saturated heterocycles. The van der Waals surface area contributed by atoms with Crippen LogP contribution in [0, 0.1) is 13.8 Å². The number of thiophene rings is 1. The number of rotatable bonds is 4. The third-order valence-electron chi connectivity index (χ3n) is 3.48. The van der Waals surface area contributed by atoms with E-state index in [1.54, 1.807) is 11.3 Å². The molecule has 2 aromatic heterocycles. The number of hydrogen-bond acceptors (Lipinski definition) is 4. The van der Waals surface area contributed by atoms with Crippen LogP contribution in [0.4, 0.5) is 0 Å². The molecular formula is C17H18N2OS. The van der Waals surface area contributed by atoms with Gasteiger partial charge in [0.05, 0.1) is 0 Å². The van der Waals surface area contributed by atoms with Crippen molar-refractivity contribution in [1.82, 2.24) is 4.98 Å². The SMILES string of the molecule is Cc1ccc2cccc(OCc3cc(CN)sc3C)c2n1. The molecule has 2 heterocycles. The molecule has 4 heteroatoms. The Labute approximate surface area is 128 Å². The average molecular weight is 298 g/mol. The van der Waals surface area contributed by atoms with Crippen LogP contribution in [0.25, 0.3) is 10.9 Å². The normalized spacial score (nSPS) is 11.0. The molecule has 0 amide bonds. The van der Waals surface area contributed by atoms with Gasteiger partial charge in [0.2, 0.25) is 0 Å². The van der Waals surface area contributed by atoms with E-state index in [9.17, 15) is 0 Å². The summed E-state index contributed by atoms with van der Waals surface area (Å²) in [5.74, 6) is 0.830. The molecule has 3 aromatic rings. The van der Waals surface area contributed by atoms with Gasteiger partial charge in [0, 0.05) is 32.9 Å². The Kier molecular flexibility index (Phi) is 3.90. The van der Waals surface area contributed by atoms with Crippen molar-refractivity contribution in [3.05, 3.63) is 57.4 Å². The molecule has 3 rings (SSSR count). The maximum atomic E-state index is 6.00. The third-order valence-corrected chi connectivity index (χ3v) is 4.59. The highest BCUT2D eigenvalue weighted by molar-refractivity contribution is 7.12. The molecule has 0 bridgehead atoms. The number of nitrogens with zero attached hydrogens (tertiary/aromatic N) is 1. The van der Waals surface area contributed by atoms with Crippen LogP contribution in [0.2, 0.25) is 0 Å². The van der Waals surface area contributed by atoms with Gasteiger partial charge >= 0.3 is 0 Å². The van der Waals surface area contributed by atoms with E-state index in [-0.39, 0.29) is 0 Å². The lowest BCUT2D eigenvalue weighted by atomic mass is 10.2. The van der Waals surface area contributed by atoms with Crippen LogP contribution in [0.3, 0.4) is 0 Å². The van der Waals surface area contributed by atoms with Crippen molar-refractivity contribution in [3.63, 3.8) is 0 Å². The number of ether oxygens (including phenoxy) is 1. The standard InChI is InChI=1S/C17H18N2OS/c1-11-6-7-13-4-3-5-16(17(13)19-11)20-10-14-8-15(9-18)21-12(14)2/h3-8H,9-10,18H2,1-2H3. The highest BCUT2D eigenvalue weighted by Gasteiger charge is 2.08. The quantitative estimate of drug-likeness (QED) is 0.793. The minimum Gasteiger partial charge on any atom is -0.487 e. The van der Waals surface area contributed by atoms with Crippen molar-refractivity contribution in [2.75, 3.05) is 0 Å². The molecule has 0 unspecified atom stereocenters. The summed E-state index contributed by atoms with van der Waals surface area (Å²) in [5, 5.41) is 1.10. The topological polar surface area (TPSA) is 48.1 Å². The van der Waals surface area contributed by atoms with Gasteiger partial charge in [0.15, 0.2) is 0 Å². The van der Waals surface area contributed by atoms with Crippen molar-refractivity contribution < 1.29 is 4.74 Å². The van der Waals surface area contributed by atoms with Gasteiger partial charge in [0.25, 0.3) is 0 Å². The Morgan fingerprint density at radius 1 is 1.19 bits per heavy atom. The minimum atomic E-state index is 0.553. The second-order valence-electron chi connectivity index (χ2n) is 5.07. The van der Waals surface area contributed by atoms with E-state index in [1.807, 2.05) is 25.1 Å². The summed E-state index contributed by atoms with van der Waals surface area (Å²) >= 11 is 1.73. The first kappa shape index (κ1) is 14.0. The Balaban J connectivity index is 1.88. The van der Waals surface area contributed by atoms with Gasteiger partial charge in [-0.3, -0.25) is 0 Å². The van der Waals surface area contributed by atoms with Gasteiger partial charge in [-0.05, 0) is 32.0 Å². The molecule has 0 spiro atoms. The number of para-hydroxylation sites is 1. The van der Waals surface area contributed by atoms with E-state index in [2.05, 4.69) is 30.1 Å². The molecule has 3 nitrogen and oxygen atoms in total. The zero-order valence-corrected chi connectivity index (χ0v) is 13.0. The van der Waals surface area contributed by atoms with Crippen LogP contribution in [0.1, 0.15) is 21.0 Å². The Morgan fingerprint density at radius 3 is 2.81 bits per heavy atom. The van der Waals surface area contributed by atoms with Crippen LogP contribution < -0.4 is 10.5 Å². The van der Waals surface area contributed by atoms with Crippen LogP contribution in [0.15, 0.2) is 36.4 Å². The molecular weight excluding hydrogens is 280 g/mol. The fourth-order valence-electron chi connectivity index (χ4n) is 2.32. The van der Waals surface area contributed by atoms with Gasteiger partial charge in [-0.15, -0.1) is 11.3 Å². The molecule has 0 aliphatic rings. The van der Waals surface area contributed by atoms with Crippen LogP contribution in [0.5, 0.6) is 5.75 Å². The van der Waals surface area contributed by atoms with Crippen LogP contribution in [-0.4, -0.2) is 4.98 Å². The summed E-state index contributed by atoms with van der Waals surface area (Å²) in [6.45, 7) is 5.23. The number of hydrogen-bond donors (Lipinski definition) is 1. The fourth-order valence-corrected chi connectivity index (χ4v) is 3.25. The summed E-state index contributed by atoms with van der Waals surface area (Å²) in [4.78, 5) is 7.05. The third kappa shape index (κ3) is 2.91. The molecule has 0 aliphatic carbocycles. The van der Waals surface area contributed by atoms with Gasteiger partial charge in [0.1, 0.15) is 17.9 Å². The van der Waals surface area contributed by atoms with Gasteiger partial charge < -0.3 is 10.5 Å². The fraction of sp³-hybridized carbons (Fsp3) is 0.235. The smallest absolute Gasteiger partial charge is 0.146 e. The molecule has 1 aromatic carbocycles. The van der Waals surface area contributed by atoms with E-state index in [1.165, 1.54) is 15.3 Å². The predicted octanol–water partition coefficient (Wildman–Crippen LogP) is 3.95. The number of aromatic nitrogens is 1. The predicted molar refractivity (Wildman–Crippen MR) is 87.8 cm³/mol. The van der Waals surface area contributed by atoms with E-state index in [4.69, 9.17) is 10.5 Å². The van der Waals surface area contributed by atoms with E-state index in [0.29, 0.717) is 13.2 Å². The molecule has 2 N–H and O–H groups in total. The van der Waals surface area contributed by atoms with Crippen molar-refractivity contribution in [2.24, 2.45) is 5.73 Å². The molecule has 0 fully saturated rings. The maximum absolute atomic E-state index is 6.00. The van der Waals surface area contributed by atoms with Crippen molar-refractivity contribution in [1.29, 1.82) is 0 Å². The van der Waals surface area contributed by atoms with Crippen molar-refractivity contribution >= 4 is 22.2 Å². The first-order chi connectivity index (χ1) is 10.2. The zero-order valence-electron chi connectivity index (χ0n) is 12.2. The van der Waals surface area contributed by atoms with E-state index >= 15 is 0 Å². The lowest BCUT2D eigenvalue weighted by Gasteiger charge is -2.09.